The molecule has 0 saturated carbocycles. The summed E-state index contributed by atoms with van der Waals surface area (Å²) in [5, 5.41) is 11.2. The fourth-order valence-corrected chi connectivity index (χ4v) is 1.63. The second-order valence-corrected chi connectivity index (χ2v) is 4.08. The summed E-state index contributed by atoms with van der Waals surface area (Å²) in [6, 6.07) is 3.66. The van der Waals surface area contributed by atoms with Crippen molar-refractivity contribution < 1.29 is 69.1 Å². The van der Waals surface area contributed by atoms with Crippen LogP contribution in [-0.2, 0) is 13.7 Å². The van der Waals surface area contributed by atoms with E-state index >= 15 is 0 Å². The summed E-state index contributed by atoms with van der Waals surface area (Å²) < 4.78 is 43.2. The molecule has 0 aliphatic carbocycles. The molecule has 0 N–H and O–H groups in total. The van der Waals surface area contributed by atoms with Crippen molar-refractivity contribution >= 4 is 12.4 Å². The molecule has 5 nitrogen and oxygen atoms in total. The summed E-state index contributed by atoms with van der Waals surface area (Å²) >= 11 is 0. The molecule has 1 heterocycles. The molecule has 0 amide bonds. The molecule has 1 aromatic carbocycles. The van der Waals surface area contributed by atoms with Crippen molar-refractivity contribution in [2.75, 3.05) is 0 Å². The Hall–Kier alpha value is -0.419. The van der Waals surface area contributed by atoms with Crippen molar-refractivity contribution in [3.8, 4) is 5.75 Å². The second kappa shape index (κ2) is 7.03. The van der Waals surface area contributed by atoms with E-state index in [2.05, 4.69) is 15.4 Å². The fourth-order valence-electron chi connectivity index (χ4n) is 1.63. The van der Waals surface area contributed by atoms with Crippen LogP contribution in [0.4, 0.5) is 12.9 Å². The van der Waals surface area contributed by atoms with Crippen LogP contribution in [0.25, 0.3) is 0 Å². The van der Waals surface area contributed by atoms with Crippen LogP contribution in [0.1, 0.15) is 11.4 Å². The van der Waals surface area contributed by atoms with Gasteiger partial charge in [-0.15, -0.1) is 15.7 Å². The van der Waals surface area contributed by atoms with Gasteiger partial charge in [0.25, 0.3) is 0 Å². The Balaban J connectivity index is 0.00000200. The topological polar surface area (TPSA) is 52.8 Å². The number of hydrogen-bond donors (Lipinski definition) is 0. The number of benzene rings is 1. The summed E-state index contributed by atoms with van der Waals surface area (Å²) in [5.41, 5.74) is -0.470. The first kappa shape index (κ1) is 17.6. The molecule has 10 heteroatoms. The molecule has 0 saturated heterocycles. The zero-order valence-electron chi connectivity index (χ0n) is 11.3. The van der Waals surface area contributed by atoms with Gasteiger partial charge in [-0.1, -0.05) is 11.6 Å². The first-order valence-corrected chi connectivity index (χ1v) is 5.52. The minimum Gasteiger partial charge on any atom is -0.485 e. The van der Waals surface area contributed by atoms with Crippen LogP contribution in [0.15, 0.2) is 18.2 Å². The van der Waals surface area contributed by atoms with Crippen molar-refractivity contribution in [3.63, 3.8) is 0 Å². The molecule has 1 aromatic heterocycles. The summed E-state index contributed by atoms with van der Waals surface area (Å²) in [4.78, 5) is 1.28. The standard InChI is InChI=1S/C10H11BF3N4O.K/c1-7-5-8(3-4-9(7)11(12,13)14)19-6-10-15-17-18(2)16-10;/h3-5H,6H2,1-2H3;/q-1;+1. The van der Waals surface area contributed by atoms with Crippen molar-refractivity contribution in [2.24, 2.45) is 7.05 Å². The van der Waals surface area contributed by atoms with Crippen LogP contribution in [0.3, 0.4) is 0 Å². The van der Waals surface area contributed by atoms with Crippen molar-refractivity contribution in [2.45, 2.75) is 13.5 Å². The van der Waals surface area contributed by atoms with Gasteiger partial charge in [-0.3, -0.25) is 0 Å². The van der Waals surface area contributed by atoms with Crippen LogP contribution in [0.5, 0.6) is 5.75 Å². The Morgan fingerprint density at radius 2 is 2.00 bits per heavy atom. The van der Waals surface area contributed by atoms with Crippen molar-refractivity contribution in [3.05, 3.63) is 29.6 Å². The smallest absolute Gasteiger partial charge is 0.485 e. The van der Waals surface area contributed by atoms with Crippen molar-refractivity contribution in [1.82, 2.24) is 20.2 Å². The molecule has 0 aliphatic rings. The molecule has 0 atom stereocenters. The normalized spacial score (nSPS) is 11.1. The van der Waals surface area contributed by atoms with E-state index in [0.29, 0.717) is 11.6 Å². The first-order valence-electron chi connectivity index (χ1n) is 5.52. The zero-order chi connectivity index (χ0) is 14.0. The van der Waals surface area contributed by atoms with Gasteiger partial charge in [0, 0.05) is 0 Å². The molecule has 0 spiro atoms. The molecular formula is C10H11BF3KN4O. The summed E-state index contributed by atoms with van der Waals surface area (Å²) in [6.07, 6.45) is 0. The summed E-state index contributed by atoms with van der Waals surface area (Å²) in [5.74, 6) is 0.707. The number of ether oxygens (including phenoxy) is 1. The third kappa shape index (κ3) is 4.55. The fraction of sp³-hybridized carbons (Fsp3) is 0.300. The van der Waals surface area contributed by atoms with E-state index in [0.717, 1.165) is 6.07 Å². The monoisotopic (exact) mass is 310 g/mol. The third-order valence-electron chi connectivity index (χ3n) is 2.51. The maximum Gasteiger partial charge on any atom is 1.00 e. The van der Waals surface area contributed by atoms with E-state index in [1.807, 2.05) is 0 Å². The first-order chi connectivity index (χ1) is 8.86. The van der Waals surface area contributed by atoms with Crippen LogP contribution >= 0.6 is 0 Å². The number of aryl methyl sites for hydroxylation is 2. The maximum atomic E-state index is 12.6. The van der Waals surface area contributed by atoms with Gasteiger partial charge in [0.2, 0.25) is 5.82 Å². The van der Waals surface area contributed by atoms with Crippen molar-refractivity contribution in [1.29, 1.82) is 0 Å². The van der Waals surface area contributed by atoms with Crippen LogP contribution < -0.4 is 61.6 Å². The number of halogens is 3. The minimum atomic E-state index is -4.99. The number of rotatable bonds is 4. The van der Waals surface area contributed by atoms with E-state index in [4.69, 9.17) is 4.74 Å². The molecule has 0 aliphatic heterocycles. The summed E-state index contributed by atoms with van der Waals surface area (Å²) in [7, 11) is 1.61. The van der Waals surface area contributed by atoms with E-state index in [9.17, 15) is 12.9 Å². The molecule has 2 rings (SSSR count). The van der Waals surface area contributed by atoms with Crippen LogP contribution in [0.2, 0.25) is 0 Å². The Morgan fingerprint density at radius 3 is 2.50 bits per heavy atom. The van der Waals surface area contributed by atoms with Gasteiger partial charge >= 0.3 is 58.4 Å². The molecular weight excluding hydrogens is 299 g/mol. The van der Waals surface area contributed by atoms with Gasteiger partial charge < -0.3 is 17.7 Å². The SMILES string of the molecule is Cc1cc(OCc2nnn(C)n2)ccc1[B-](F)(F)F.[K+]. The average molecular weight is 310 g/mol. The molecule has 0 radical (unpaired) electrons. The Bertz CT molecular complexity index is 590. The predicted octanol–water partition coefficient (Wildman–Crippen LogP) is -1.84. The largest absolute Gasteiger partial charge is 1.00 e. The molecule has 20 heavy (non-hydrogen) atoms. The molecule has 102 valence electrons. The number of aromatic nitrogens is 4. The number of hydrogen-bond acceptors (Lipinski definition) is 4. The Kier molecular flexibility index (Phi) is 6.20. The van der Waals surface area contributed by atoms with Gasteiger partial charge in [-0.05, 0) is 24.3 Å². The van der Waals surface area contributed by atoms with Gasteiger partial charge in [-0.25, -0.2) is 0 Å². The van der Waals surface area contributed by atoms with Gasteiger partial charge in [0.15, 0.2) is 6.61 Å². The predicted molar refractivity (Wildman–Crippen MR) is 63.0 cm³/mol. The van der Waals surface area contributed by atoms with E-state index in [-0.39, 0.29) is 63.6 Å². The molecule has 0 fully saturated rings. The average Bonchev–Trinajstić information content (AvgIpc) is 2.71. The molecule has 0 bridgehead atoms. The minimum absolute atomic E-state index is 0. The molecule has 0 unspecified atom stereocenters. The quantitative estimate of drug-likeness (QED) is 0.623. The van der Waals surface area contributed by atoms with Gasteiger partial charge in [0.05, 0.1) is 7.05 Å². The summed E-state index contributed by atoms with van der Waals surface area (Å²) in [6.45, 7) is -3.53. The van der Waals surface area contributed by atoms with E-state index in [1.54, 1.807) is 7.05 Å². The van der Waals surface area contributed by atoms with Crippen LogP contribution in [0, 0.1) is 6.92 Å². The van der Waals surface area contributed by atoms with E-state index < -0.39 is 12.4 Å². The van der Waals surface area contributed by atoms with E-state index in [1.165, 1.54) is 23.9 Å². The molecule has 2 aromatic rings. The zero-order valence-corrected chi connectivity index (χ0v) is 14.5. The second-order valence-electron chi connectivity index (χ2n) is 4.08. The Morgan fingerprint density at radius 1 is 1.30 bits per heavy atom. The number of tetrazole rings is 1. The third-order valence-corrected chi connectivity index (χ3v) is 2.51. The number of nitrogens with zero attached hydrogens (tertiary/aromatic N) is 4. The van der Waals surface area contributed by atoms with Gasteiger partial charge in [0.1, 0.15) is 5.75 Å². The van der Waals surface area contributed by atoms with Crippen LogP contribution in [-0.4, -0.2) is 27.2 Å². The maximum absolute atomic E-state index is 12.6. The Labute approximate surface area is 156 Å². The van der Waals surface area contributed by atoms with Gasteiger partial charge in [-0.2, -0.15) is 4.80 Å².